The zero-order chi connectivity index (χ0) is 44.7. The van der Waals surface area contributed by atoms with Gasteiger partial charge in [0.25, 0.3) is 15.8 Å². The fraction of sp³-hybridized carbons (Fsp3) is 0.0526. The average Bonchev–Trinajstić information content (AvgIpc) is 3.21. The Morgan fingerprint density at radius 3 is 1.98 bits per heavy atom. The van der Waals surface area contributed by atoms with Gasteiger partial charge in [0.1, 0.15) is 22.0 Å². The molecule has 0 atom stereocenters. The Hall–Kier alpha value is -7.57. The molecule has 0 aliphatic rings. The van der Waals surface area contributed by atoms with E-state index < -0.39 is 46.8 Å². The van der Waals surface area contributed by atoms with Crippen molar-refractivity contribution >= 4 is 94.1 Å². The molecule has 20 nitrogen and oxygen atoms in total. The first-order valence-electron chi connectivity index (χ1n) is 16.8. The van der Waals surface area contributed by atoms with Crippen molar-refractivity contribution in [3.05, 3.63) is 142 Å². The molecule has 0 radical (unpaired) electrons. The molecule has 0 aliphatic carbocycles. The number of nitrogens with one attached hydrogen (secondary N) is 1. The van der Waals surface area contributed by atoms with Gasteiger partial charge in [-0.25, -0.2) is 0 Å². The molecular weight excluding hydrogens is 861 g/mol. The molecule has 23 heteroatoms. The molecule has 61 heavy (non-hydrogen) atoms. The SMILES string of the molecule is COc1cc(N=Nc2ccc(C=Cc3ccc([N+](=O)[O-])cc3S(=O)(=O)O)cc2)c(CO)cc1N=Nc1ccc2cc(Nc3ccccc3)ccc2c1O.O=S(=O)=O.O=S(=O)=O. The Morgan fingerprint density at radius 1 is 0.738 bits per heavy atom. The van der Waals surface area contributed by atoms with Crippen LogP contribution in [0.4, 0.5) is 39.8 Å². The predicted octanol–water partition coefficient (Wildman–Crippen LogP) is 7.94. The molecule has 0 saturated heterocycles. The van der Waals surface area contributed by atoms with E-state index in [-0.39, 0.29) is 23.6 Å². The number of methoxy groups -OCH3 is 1. The number of phenolic OH excluding ortho intramolecular Hbond substituents is 1. The smallest absolute Gasteiger partial charge is 0.425 e. The van der Waals surface area contributed by atoms with Gasteiger partial charge in [-0.2, -0.15) is 18.6 Å². The summed E-state index contributed by atoms with van der Waals surface area (Å²) in [7, 11) is -9.49. The Labute approximate surface area is 348 Å². The number of azo groups is 2. The van der Waals surface area contributed by atoms with E-state index in [4.69, 9.17) is 30.0 Å². The zero-order valence-electron chi connectivity index (χ0n) is 31.1. The second kappa shape index (κ2) is 21.4. The van der Waals surface area contributed by atoms with Crippen LogP contribution in [-0.4, -0.2) is 60.5 Å². The van der Waals surface area contributed by atoms with Gasteiger partial charge < -0.3 is 20.3 Å². The number of rotatable bonds is 12. The van der Waals surface area contributed by atoms with E-state index in [2.05, 4.69) is 25.8 Å². The molecule has 6 aromatic carbocycles. The van der Waals surface area contributed by atoms with E-state index in [1.165, 1.54) is 19.3 Å². The van der Waals surface area contributed by atoms with Crippen molar-refractivity contribution in [3.8, 4) is 11.5 Å². The second-order valence-electron chi connectivity index (χ2n) is 11.9. The van der Waals surface area contributed by atoms with E-state index in [1.807, 2.05) is 48.5 Å². The van der Waals surface area contributed by atoms with Crippen molar-refractivity contribution < 1.29 is 58.1 Å². The monoisotopic (exact) mass is 890 g/mol. The number of hydrogen-bond acceptors (Lipinski definition) is 18. The fourth-order valence-electron chi connectivity index (χ4n) is 5.27. The summed E-state index contributed by atoms with van der Waals surface area (Å²) in [6, 6.07) is 31.8. The van der Waals surface area contributed by atoms with E-state index >= 15 is 0 Å². The van der Waals surface area contributed by atoms with Crippen molar-refractivity contribution in [2.45, 2.75) is 11.5 Å². The molecular formula is C38H30N6O14S3. The van der Waals surface area contributed by atoms with Crippen molar-refractivity contribution in [2.75, 3.05) is 12.4 Å². The van der Waals surface area contributed by atoms with Crippen LogP contribution in [0.25, 0.3) is 22.9 Å². The molecule has 0 aliphatic heterocycles. The summed E-state index contributed by atoms with van der Waals surface area (Å²) in [5, 5.41) is 54.0. The highest BCUT2D eigenvalue weighted by molar-refractivity contribution is 7.86. The molecule has 6 aromatic rings. The maximum Gasteiger partial charge on any atom is 0.425 e. The first-order chi connectivity index (χ1) is 29.0. The summed E-state index contributed by atoms with van der Waals surface area (Å²) in [5.41, 5.74) is 3.72. The van der Waals surface area contributed by atoms with Crippen molar-refractivity contribution in [1.29, 1.82) is 0 Å². The van der Waals surface area contributed by atoms with Gasteiger partial charge in [-0.15, -0.1) is 35.5 Å². The number of nitro groups is 1. The molecule has 4 N–H and O–H groups in total. The highest BCUT2D eigenvalue weighted by Gasteiger charge is 2.19. The average molecular weight is 891 g/mol. The molecule has 0 unspecified atom stereocenters. The van der Waals surface area contributed by atoms with Gasteiger partial charge >= 0.3 is 21.2 Å². The van der Waals surface area contributed by atoms with Gasteiger partial charge in [0.05, 0.1) is 30.0 Å². The largest absolute Gasteiger partial charge is 0.505 e. The zero-order valence-corrected chi connectivity index (χ0v) is 33.6. The van der Waals surface area contributed by atoms with Gasteiger partial charge in [-0.05, 0) is 77.2 Å². The van der Waals surface area contributed by atoms with E-state index in [0.29, 0.717) is 39.3 Å². The maximum absolute atomic E-state index is 11.8. The van der Waals surface area contributed by atoms with Crippen LogP contribution in [0, 0.1) is 10.1 Å². The first-order valence-corrected chi connectivity index (χ1v) is 20.2. The van der Waals surface area contributed by atoms with Gasteiger partial charge in [-0.1, -0.05) is 48.6 Å². The molecule has 0 bridgehead atoms. The topological polar surface area (TPSA) is 311 Å². The van der Waals surface area contributed by atoms with Crippen LogP contribution in [0.1, 0.15) is 16.7 Å². The van der Waals surface area contributed by atoms with E-state index in [9.17, 15) is 33.3 Å². The number of fused-ring (bicyclic) bond motifs is 1. The normalized spacial score (nSPS) is 11.1. The number of aliphatic hydroxyl groups excluding tert-OH is 1. The minimum absolute atomic E-state index is 0.0417. The Bertz CT molecular complexity index is 2960. The van der Waals surface area contributed by atoms with Crippen LogP contribution >= 0.6 is 0 Å². The van der Waals surface area contributed by atoms with E-state index in [0.717, 1.165) is 28.9 Å². The van der Waals surface area contributed by atoms with Crippen LogP contribution in [0.3, 0.4) is 0 Å². The minimum atomic E-state index is -4.72. The summed E-state index contributed by atoms with van der Waals surface area (Å²) in [5.74, 6) is 0.257. The number of benzene rings is 6. The Morgan fingerprint density at radius 2 is 1.38 bits per heavy atom. The molecule has 0 saturated carbocycles. The number of aliphatic hydroxyl groups is 1. The Balaban J connectivity index is 0.000000941. The molecule has 0 aromatic heterocycles. The number of para-hydroxylation sites is 1. The Kier molecular flexibility index (Phi) is 16.2. The predicted molar refractivity (Wildman–Crippen MR) is 220 cm³/mol. The number of phenols is 1. The number of non-ortho nitro benzene ring substituents is 1. The van der Waals surface area contributed by atoms with Crippen LogP contribution in [-0.2, 0) is 37.9 Å². The van der Waals surface area contributed by atoms with E-state index in [1.54, 1.807) is 54.6 Å². The van der Waals surface area contributed by atoms with Crippen molar-refractivity contribution in [2.24, 2.45) is 20.5 Å². The number of nitrogens with zero attached hydrogens (tertiary/aromatic N) is 5. The maximum atomic E-state index is 11.8. The highest BCUT2D eigenvalue weighted by atomic mass is 32.2. The lowest BCUT2D eigenvalue weighted by atomic mass is 10.1. The van der Waals surface area contributed by atoms with Crippen molar-refractivity contribution in [1.82, 2.24) is 0 Å². The molecule has 0 spiro atoms. The molecule has 0 amide bonds. The standard InChI is InChI=1S/C38H30N6O8S.2O3S/c1-52-36-22-34(42-40-29-13-8-24(9-14-29)7-10-25-11-16-31(44(47)48)21-37(25)53(49,50)51)27(23-45)20-35(36)43-41-33-18-12-26-19-30(15-17-32(26)38(33)46)39-28-5-3-2-4-6-28;2*1-4(2)3/h2-22,39,45-46H,23H2,1H3,(H,49,50,51);;. The molecule has 6 rings (SSSR count). The van der Waals surface area contributed by atoms with Crippen LogP contribution in [0.2, 0.25) is 0 Å². The summed E-state index contributed by atoms with van der Waals surface area (Å²) >= 11 is 0. The summed E-state index contributed by atoms with van der Waals surface area (Å²) in [4.78, 5) is 9.71. The summed E-state index contributed by atoms with van der Waals surface area (Å²) in [6.07, 6.45) is 2.97. The lowest BCUT2D eigenvalue weighted by molar-refractivity contribution is -0.385. The van der Waals surface area contributed by atoms with Crippen LogP contribution in [0.15, 0.2) is 141 Å². The number of ether oxygens (including phenoxy) is 1. The molecule has 0 fully saturated rings. The third kappa shape index (κ3) is 13.8. The number of aromatic hydroxyl groups is 1. The number of hydrogen-bond donors (Lipinski definition) is 4. The lowest BCUT2D eigenvalue weighted by Crippen LogP contribution is -2.02. The van der Waals surface area contributed by atoms with Crippen LogP contribution < -0.4 is 10.1 Å². The van der Waals surface area contributed by atoms with Gasteiger partial charge in [0.2, 0.25) is 0 Å². The molecule has 314 valence electrons. The van der Waals surface area contributed by atoms with Gasteiger partial charge in [-0.3, -0.25) is 14.7 Å². The number of anilines is 2. The summed E-state index contributed by atoms with van der Waals surface area (Å²) in [6.45, 7) is -0.390. The quantitative estimate of drug-likeness (QED) is 0.0298. The second-order valence-corrected chi connectivity index (χ2v) is 14.1. The van der Waals surface area contributed by atoms with Crippen molar-refractivity contribution in [3.63, 3.8) is 0 Å². The minimum Gasteiger partial charge on any atom is -0.505 e. The first kappa shape index (κ1) is 46.1. The van der Waals surface area contributed by atoms with Crippen LogP contribution in [0.5, 0.6) is 11.5 Å². The molecule has 0 heterocycles. The highest BCUT2D eigenvalue weighted by Crippen LogP contribution is 2.40. The van der Waals surface area contributed by atoms with Gasteiger partial charge in [0, 0.05) is 40.5 Å². The van der Waals surface area contributed by atoms with Gasteiger partial charge in [0.15, 0.2) is 5.75 Å². The third-order valence-corrected chi connectivity index (χ3v) is 8.87. The fourth-order valence-corrected chi connectivity index (χ4v) is 5.97. The third-order valence-electron chi connectivity index (χ3n) is 7.96. The summed E-state index contributed by atoms with van der Waals surface area (Å²) < 4.78 is 89.3. The number of nitro benzene ring substituents is 1. The lowest BCUT2D eigenvalue weighted by Gasteiger charge is -2.10.